The van der Waals surface area contributed by atoms with E-state index >= 15 is 0 Å². The fraction of sp³-hybridized carbons (Fsp3) is 0.250. The van der Waals surface area contributed by atoms with E-state index in [1.807, 2.05) is 16.0 Å². The van der Waals surface area contributed by atoms with E-state index in [0.717, 1.165) is 29.1 Å². The molecular formula is C16H15N3OS. The summed E-state index contributed by atoms with van der Waals surface area (Å²) in [7, 11) is 0. The minimum absolute atomic E-state index is 0.00314. The summed E-state index contributed by atoms with van der Waals surface area (Å²) in [5.41, 5.74) is 3.88. The number of imidazole rings is 1. The largest absolute Gasteiger partial charge is 0.348 e. The number of carbonyl (C=O) groups excluding carboxylic acids is 1. The maximum Gasteiger partial charge on any atom is 0.269 e. The van der Waals surface area contributed by atoms with Crippen molar-refractivity contribution in [2.45, 2.75) is 25.8 Å². The Bertz CT molecular complexity index is 812. The van der Waals surface area contributed by atoms with Crippen LogP contribution in [0.1, 0.15) is 28.9 Å². The Morgan fingerprint density at radius 2 is 2.10 bits per heavy atom. The molecule has 4 nitrogen and oxygen atoms in total. The van der Waals surface area contributed by atoms with Crippen LogP contribution in [0, 0.1) is 6.92 Å². The van der Waals surface area contributed by atoms with Gasteiger partial charge in [-0.3, -0.25) is 9.20 Å². The summed E-state index contributed by atoms with van der Waals surface area (Å²) < 4.78 is 1.89. The average Bonchev–Trinajstić information content (AvgIpc) is 3.04. The van der Waals surface area contributed by atoms with E-state index in [-0.39, 0.29) is 5.91 Å². The van der Waals surface area contributed by atoms with E-state index in [1.165, 1.54) is 16.9 Å². The van der Waals surface area contributed by atoms with Crippen molar-refractivity contribution in [3.05, 3.63) is 47.1 Å². The van der Waals surface area contributed by atoms with Crippen molar-refractivity contribution in [2.24, 2.45) is 0 Å². The monoisotopic (exact) mass is 297 g/mol. The normalized spacial score (nSPS) is 14.5. The molecule has 1 aromatic carbocycles. The van der Waals surface area contributed by atoms with E-state index in [4.69, 9.17) is 0 Å². The summed E-state index contributed by atoms with van der Waals surface area (Å²) >= 11 is 1.50. The number of aryl methyl sites for hydroxylation is 1. The van der Waals surface area contributed by atoms with Gasteiger partial charge in [0, 0.05) is 23.2 Å². The minimum atomic E-state index is -0.00314. The van der Waals surface area contributed by atoms with Gasteiger partial charge in [-0.2, -0.15) is 0 Å². The summed E-state index contributed by atoms with van der Waals surface area (Å²) in [6.45, 7) is 2.07. The number of thiazole rings is 1. The SMILES string of the molecule is Cc1ccc(-c2cn3c(C(=O)NC4CC4)csc3n2)cc1. The first-order valence-corrected chi connectivity index (χ1v) is 7.93. The fourth-order valence-electron chi connectivity index (χ4n) is 2.30. The molecule has 4 rings (SSSR count). The Labute approximate surface area is 126 Å². The third-order valence-electron chi connectivity index (χ3n) is 3.70. The minimum Gasteiger partial charge on any atom is -0.348 e. The molecule has 1 amide bonds. The molecule has 0 spiro atoms. The van der Waals surface area contributed by atoms with Gasteiger partial charge < -0.3 is 5.32 Å². The van der Waals surface area contributed by atoms with Crippen molar-refractivity contribution in [2.75, 3.05) is 0 Å². The lowest BCUT2D eigenvalue weighted by Gasteiger charge is -2.01. The van der Waals surface area contributed by atoms with Crippen LogP contribution < -0.4 is 5.32 Å². The highest BCUT2D eigenvalue weighted by Crippen LogP contribution is 2.25. The number of nitrogens with zero attached hydrogens (tertiary/aromatic N) is 2. The Hall–Kier alpha value is -2.14. The number of nitrogens with one attached hydrogen (secondary N) is 1. The summed E-state index contributed by atoms with van der Waals surface area (Å²) in [6.07, 6.45) is 4.13. The Kier molecular flexibility index (Phi) is 2.82. The highest BCUT2D eigenvalue weighted by molar-refractivity contribution is 7.15. The molecule has 1 aliphatic carbocycles. The Morgan fingerprint density at radius 3 is 2.81 bits per heavy atom. The molecule has 106 valence electrons. The van der Waals surface area contributed by atoms with Gasteiger partial charge in [-0.15, -0.1) is 11.3 Å². The molecule has 0 atom stereocenters. The molecule has 5 heteroatoms. The smallest absolute Gasteiger partial charge is 0.269 e. The van der Waals surface area contributed by atoms with E-state index in [2.05, 4.69) is 41.5 Å². The van der Waals surface area contributed by atoms with Gasteiger partial charge in [-0.25, -0.2) is 4.98 Å². The summed E-state index contributed by atoms with van der Waals surface area (Å²) in [5, 5.41) is 4.90. The number of carbonyl (C=O) groups is 1. The molecule has 0 bridgehead atoms. The zero-order valence-corrected chi connectivity index (χ0v) is 12.5. The van der Waals surface area contributed by atoms with Crippen LogP contribution in [0.4, 0.5) is 0 Å². The second kappa shape index (κ2) is 4.70. The summed E-state index contributed by atoms with van der Waals surface area (Å²) in [6, 6.07) is 8.64. The molecule has 2 heterocycles. The highest BCUT2D eigenvalue weighted by Gasteiger charge is 2.25. The van der Waals surface area contributed by atoms with Crippen LogP contribution in [0.15, 0.2) is 35.8 Å². The van der Waals surface area contributed by atoms with Crippen LogP contribution in [0.25, 0.3) is 16.2 Å². The van der Waals surface area contributed by atoms with Gasteiger partial charge in [-0.05, 0) is 19.8 Å². The molecule has 2 aromatic heterocycles. The zero-order valence-electron chi connectivity index (χ0n) is 11.7. The van der Waals surface area contributed by atoms with E-state index < -0.39 is 0 Å². The van der Waals surface area contributed by atoms with Crippen LogP contribution in [-0.4, -0.2) is 21.3 Å². The van der Waals surface area contributed by atoms with Crippen LogP contribution in [0.5, 0.6) is 0 Å². The van der Waals surface area contributed by atoms with Crippen molar-refractivity contribution in [1.29, 1.82) is 0 Å². The molecule has 0 saturated heterocycles. The lowest BCUT2D eigenvalue weighted by molar-refractivity contribution is 0.0945. The number of fused-ring (bicyclic) bond motifs is 1. The fourth-order valence-corrected chi connectivity index (χ4v) is 3.15. The van der Waals surface area contributed by atoms with Crippen molar-refractivity contribution in [1.82, 2.24) is 14.7 Å². The number of aromatic nitrogens is 2. The van der Waals surface area contributed by atoms with Crippen molar-refractivity contribution >= 4 is 22.2 Å². The molecule has 0 aliphatic heterocycles. The maximum absolute atomic E-state index is 12.2. The highest BCUT2D eigenvalue weighted by atomic mass is 32.1. The molecule has 1 aliphatic rings. The molecule has 3 aromatic rings. The standard InChI is InChI=1S/C16H15N3OS/c1-10-2-4-11(5-3-10)13-8-19-14(9-21-16(19)18-13)15(20)17-12-6-7-12/h2-5,8-9,12H,6-7H2,1H3,(H,17,20). The predicted molar refractivity (Wildman–Crippen MR) is 83.7 cm³/mol. The topological polar surface area (TPSA) is 46.4 Å². The van der Waals surface area contributed by atoms with Crippen LogP contribution in [0.2, 0.25) is 0 Å². The van der Waals surface area contributed by atoms with Crippen molar-refractivity contribution < 1.29 is 4.79 Å². The van der Waals surface area contributed by atoms with Gasteiger partial charge in [0.25, 0.3) is 5.91 Å². The molecule has 21 heavy (non-hydrogen) atoms. The van der Waals surface area contributed by atoms with Gasteiger partial charge in [0.15, 0.2) is 4.96 Å². The molecule has 1 fully saturated rings. The van der Waals surface area contributed by atoms with Gasteiger partial charge in [0.2, 0.25) is 0 Å². The van der Waals surface area contributed by atoms with E-state index in [0.29, 0.717) is 11.7 Å². The quantitative estimate of drug-likeness (QED) is 0.806. The Morgan fingerprint density at radius 1 is 1.33 bits per heavy atom. The Balaban J connectivity index is 1.71. The third-order valence-corrected chi connectivity index (χ3v) is 4.54. The van der Waals surface area contributed by atoms with Crippen molar-refractivity contribution in [3.63, 3.8) is 0 Å². The predicted octanol–water partition coefficient (Wildman–Crippen LogP) is 3.26. The lowest BCUT2D eigenvalue weighted by Crippen LogP contribution is -2.26. The van der Waals surface area contributed by atoms with Gasteiger partial charge in [0.1, 0.15) is 5.69 Å². The number of hydrogen-bond donors (Lipinski definition) is 1. The molecule has 1 N–H and O–H groups in total. The lowest BCUT2D eigenvalue weighted by atomic mass is 10.1. The third kappa shape index (κ3) is 2.34. The molecular weight excluding hydrogens is 282 g/mol. The van der Waals surface area contributed by atoms with E-state index in [1.54, 1.807) is 0 Å². The second-order valence-corrected chi connectivity index (χ2v) is 6.35. The summed E-state index contributed by atoms with van der Waals surface area (Å²) in [4.78, 5) is 17.7. The number of hydrogen-bond acceptors (Lipinski definition) is 3. The molecule has 0 radical (unpaired) electrons. The first-order chi connectivity index (χ1) is 10.2. The van der Waals surface area contributed by atoms with Crippen LogP contribution in [-0.2, 0) is 0 Å². The van der Waals surface area contributed by atoms with Crippen LogP contribution >= 0.6 is 11.3 Å². The number of benzene rings is 1. The average molecular weight is 297 g/mol. The number of amides is 1. The van der Waals surface area contributed by atoms with Gasteiger partial charge in [0.05, 0.1) is 5.69 Å². The first kappa shape index (κ1) is 12.6. The first-order valence-electron chi connectivity index (χ1n) is 7.05. The summed E-state index contributed by atoms with van der Waals surface area (Å²) in [5.74, 6) is -0.00314. The second-order valence-electron chi connectivity index (χ2n) is 5.51. The number of rotatable bonds is 3. The van der Waals surface area contributed by atoms with Gasteiger partial charge in [-0.1, -0.05) is 29.8 Å². The maximum atomic E-state index is 12.2. The van der Waals surface area contributed by atoms with Crippen molar-refractivity contribution in [3.8, 4) is 11.3 Å². The van der Waals surface area contributed by atoms with Crippen LogP contribution in [0.3, 0.4) is 0 Å². The zero-order chi connectivity index (χ0) is 14.4. The molecule has 0 unspecified atom stereocenters. The van der Waals surface area contributed by atoms with Gasteiger partial charge >= 0.3 is 0 Å². The molecule has 1 saturated carbocycles. The van der Waals surface area contributed by atoms with E-state index in [9.17, 15) is 4.79 Å².